The van der Waals surface area contributed by atoms with Crippen molar-refractivity contribution in [3.8, 4) is 0 Å². The summed E-state index contributed by atoms with van der Waals surface area (Å²) in [5.41, 5.74) is 3.07. The summed E-state index contributed by atoms with van der Waals surface area (Å²) >= 11 is 0. The van der Waals surface area contributed by atoms with Gasteiger partial charge in [0, 0.05) is 31.4 Å². The van der Waals surface area contributed by atoms with Gasteiger partial charge in [0.2, 0.25) is 0 Å². The molecule has 0 aliphatic rings. The molecule has 2 aromatic heterocycles. The number of nitrogens with zero attached hydrogens (tertiary/aromatic N) is 3. The molecule has 0 bridgehead atoms. The highest BCUT2D eigenvalue weighted by molar-refractivity contribution is 5.96. The molecule has 0 spiro atoms. The van der Waals surface area contributed by atoms with Crippen LogP contribution in [0.4, 0.5) is 4.39 Å². The van der Waals surface area contributed by atoms with E-state index in [0.717, 1.165) is 17.1 Å². The van der Waals surface area contributed by atoms with Crippen molar-refractivity contribution in [3.63, 3.8) is 0 Å². The molecule has 1 amide bonds. The lowest BCUT2D eigenvalue weighted by molar-refractivity contribution is 0.0952. The molecular formula is C19H21FN4O2. The van der Waals surface area contributed by atoms with Gasteiger partial charge < -0.3 is 14.4 Å². The predicted octanol–water partition coefficient (Wildman–Crippen LogP) is 2.96. The number of nitrogens with one attached hydrogen (secondary N) is 1. The minimum absolute atomic E-state index is 0.199. The minimum Gasteiger partial charge on any atom is -0.361 e. The van der Waals surface area contributed by atoms with Crippen LogP contribution in [0.3, 0.4) is 0 Å². The lowest BCUT2D eigenvalue weighted by Crippen LogP contribution is -2.27. The highest BCUT2D eigenvalue weighted by Crippen LogP contribution is 2.13. The van der Waals surface area contributed by atoms with Gasteiger partial charge in [-0.2, -0.15) is 0 Å². The third kappa shape index (κ3) is 3.82. The van der Waals surface area contributed by atoms with Gasteiger partial charge in [-0.05, 0) is 38.5 Å². The molecule has 1 N–H and O–H groups in total. The first-order valence-corrected chi connectivity index (χ1v) is 8.42. The summed E-state index contributed by atoms with van der Waals surface area (Å²) in [6, 6.07) is 6.42. The summed E-state index contributed by atoms with van der Waals surface area (Å²) in [5.74, 6) is 0.924. The fourth-order valence-corrected chi connectivity index (χ4v) is 2.88. The van der Waals surface area contributed by atoms with Gasteiger partial charge in [0.05, 0.1) is 5.69 Å². The molecule has 1 aromatic carbocycles. The fourth-order valence-electron chi connectivity index (χ4n) is 2.88. The molecule has 136 valence electrons. The standard InChI is InChI=1S/C19H21FN4O2/c1-12-10-22-17(24(12)11-15-4-6-16(20)7-5-15)8-9-21-19(25)18-13(2)23-26-14(18)3/h4-7,10H,8-9,11H2,1-3H3,(H,21,25). The number of hydrogen-bond donors (Lipinski definition) is 1. The van der Waals surface area contributed by atoms with Gasteiger partial charge in [0.25, 0.3) is 5.91 Å². The molecule has 0 aliphatic carbocycles. The topological polar surface area (TPSA) is 73.0 Å². The van der Waals surface area contributed by atoms with Crippen molar-refractivity contribution in [1.82, 2.24) is 20.0 Å². The van der Waals surface area contributed by atoms with E-state index in [1.165, 1.54) is 12.1 Å². The zero-order chi connectivity index (χ0) is 18.7. The number of amides is 1. The highest BCUT2D eigenvalue weighted by atomic mass is 19.1. The molecule has 3 aromatic rings. The van der Waals surface area contributed by atoms with E-state index in [1.807, 2.05) is 6.92 Å². The van der Waals surface area contributed by atoms with Crippen LogP contribution in [0.15, 0.2) is 35.0 Å². The first kappa shape index (κ1) is 17.8. The summed E-state index contributed by atoms with van der Waals surface area (Å²) in [6.07, 6.45) is 2.39. The van der Waals surface area contributed by atoms with Crippen LogP contribution in [0.5, 0.6) is 0 Å². The molecule has 0 unspecified atom stereocenters. The quantitative estimate of drug-likeness (QED) is 0.737. The molecule has 0 saturated carbocycles. The van der Waals surface area contributed by atoms with Crippen molar-refractivity contribution < 1.29 is 13.7 Å². The van der Waals surface area contributed by atoms with E-state index in [9.17, 15) is 9.18 Å². The van der Waals surface area contributed by atoms with Crippen molar-refractivity contribution in [3.05, 3.63) is 70.4 Å². The van der Waals surface area contributed by atoms with E-state index in [2.05, 4.69) is 20.0 Å². The molecule has 0 atom stereocenters. The Morgan fingerprint density at radius 1 is 1.23 bits per heavy atom. The largest absolute Gasteiger partial charge is 0.361 e. The molecular weight excluding hydrogens is 335 g/mol. The number of benzene rings is 1. The summed E-state index contributed by atoms with van der Waals surface area (Å²) in [4.78, 5) is 16.7. The summed E-state index contributed by atoms with van der Waals surface area (Å²) in [7, 11) is 0. The molecule has 0 aliphatic heterocycles. The molecule has 6 nitrogen and oxygen atoms in total. The molecule has 3 rings (SSSR count). The van der Waals surface area contributed by atoms with Crippen LogP contribution < -0.4 is 5.32 Å². The monoisotopic (exact) mass is 356 g/mol. The zero-order valence-corrected chi connectivity index (χ0v) is 15.0. The Hall–Kier alpha value is -2.96. The Bertz CT molecular complexity index is 893. The number of carbonyl (C=O) groups excluding carboxylic acids is 1. The van der Waals surface area contributed by atoms with Gasteiger partial charge in [-0.1, -0.05) is 17.3 Å². The van der Waals surface area contributed by atoms with Crippen molar-refractivity contribution >= 4 is 5.91 Å². The Morgan fingerprint density at radius 2 is 1.96 bits per heavy atom. The number of halogens is 1. The van der Waals surface area contributed by atoms with Gasteiger partial charge in [-0.25, -0.2) is 9.37 Å². The number of carbonyl (C=O) groups is 1. The fraction of sp³-hybridized carbons (Fsp3) is 0.316. The molecule has 26 heavy (non-hydrogen) atoms. The number of hydrogen-bond acceptors (Lipinski definition) is 4. The van der Waals surface area contributed by atoms with Crippen molar-refractivity contribution in [2.75, 3.05) is 6.54 Å². The van der Waals surface area contributed by atoms with Crippen LogP contribution in [0, 0.1) is 26.6 Å². The Balaban J connectivity index is 1.64. The average Bonchev–Trinajstić information content (AvgIpc) is 3.13. The van der Waals surface area contributed by atoms with Crippen molar-refractivity contribution in [1.29, 1.82) is 0 Å². The first-order valence-electron chi connectivity index (χ1n) is 8.42. The number of aryl methyl sites for hydroxylation is 3. The highest BCUT2D eigenvalue weighted by Gasteiger charge is 2.17. The van der Waals surface area contributed by atoms with E-state index in [1.54, 1.807) is 32.2 Å². The Labute approximate surface area is 151 Å². The van der Waals surface area contributed by atoms with Crippen LogP contribution in [0.1, 0.15) is 38.9 Å². The van der Waals surface area contributed by atoms with Crippen molar-refractivity contribution in [2.24, 2.45) is 0 Å². The van der Waals surface area contributed by atoms with E-state index >= 15 is 0 Å². The molecule has 0 saturated heterocycles. The molecule has 7 heteroatoms. The van der Waals surface area contributed by atoms with E-state index in [0.29, 0.717) is 36.5 Å². The van der Waals surface area contributed by atoms with Crippen LogP contribution in [-0.4, -0.2) is 27.2 Å². The second-order valence-electron chi connectivity index (χ2n) is 6.23. The van der Waals surface area contributed by atoms with E-state index in [-0.39, 0.29) is 11.7 Å². The smallest absolute Gasteiger partial charge is 0.256 e. The predicted molar refractivity (Wildman–Crippen MR) is 94.5 cm³/mol. The summed E-state index contributed by atoms with van der Waals surface area (Å²) in [5, 5.41) is 6.68. The van der Waals surface area contributed by atoms with Crippen LogP contribution in [0.25, 0.3) is 0 Å². The van der Waals surface area contributed by atoms with Gasteiger partial charge >= 0.3 is 0 Å². The average molecular weight is 356 g/mol. The number of imidazole rings is 1. The zero-order valence-electron chi connectivity index (χ0n) is 15.0. The van der Waals surface area contributed by atoms with Crippen molar-refractivity contribution in [2.45, 2.75) is 33.7 Å². The van der Waals surface area contributed by atoms with E-state index < -0.39 is 0 Å². The molecule has 0 radical (unpaired) electrons. The van der Waals surface area contributed by atoms with Crippen LogP contribution >= 0.6 is 0 Å². The SMILES string of the molecule is Cc1noc(C)c1C(=O)NCCc1ncc(C)n1Cc1ccc(F)cc1. The first-order chi connectivity index (χ1) is 12.5. The second kappa shape index (κ2) is 7.51. The van der Waals surface area contributed by atoms with Crippen LogP contribution in [0.2, 0.25) is 0 Å². The Morgan fingerprint density at radius 3 is 2.62 bits per heavy atom. The van der Waals surface area contributed by atoms with Gasteiger partial charge in [0.15, 0.2) is 0 Å². The third-order valence-electron chi connectivity index (χ3n) is 4.29. The van der Waals surface area contributed by atoms with E-state index in [4.69, 9.17) is 4.52 Å². The molecule has 0 fully saturated rings. The Kier molecular flexibility index (Phi) is 5.16. The maximum Gasteiger partial charge on any atom is 0.256 e. The lowest BCUT2D eigenvalue weighted by atomic mass is 10.2. The second-order valence-corrected chi connectivity index (χ2v) is 6.23. The van der Waals surface area contributed by atoms with Gasteiger partial charge in [-0.3, -0.25) is 4.79 Å². The van der Waals surface area contributed by atoms with Gasteiger partial charge in [-0.15, -0.1) is 0 Å². The van der Waals surface area contributed by atoms with Crippen LogP contribution in [-0.2, 0) is 13.0 Å². The minimum atomic E-state index is -0.252. The summed E-state index contributed by atoms with van der Waals surface area (Å²) < 4.78 is 20.2. The number of aromatic nitrogens is 3. The van der Waals surface area contributed by atoms with Gasteiger partial charge in [0.1, 0.15) is 23.0 Å². The lowest BCUT2D eigenvalue weighted by Gasteiger charge is -2.11. The molecule has 2 heterocycles. The number of rotatable bonds is 6. The normalized spacial score (nSPS) is 10.9. The maximum atomic E-state index is 13.1. The third-order valence-corrected chi connectivity index (χ3v) is 4.29. The maximum absolute atomic E-state index is 13.1. The summed E-state index contributed by atoms with van der Waals surface area (Å²) in [6.45, 7) is 6.49.